The van der Waals surface area contributed by atoms with Gasteiger partial charge in [0.05, 0.1) is 6.54 Å². The Labute approximate surface area is 103 Å². The fraction of sp³-hybridized carbons (Fsp3) is 0.500. The minimum atomic E-state index is -3.54. The quantitative estimate of drug-likeness (QED) is 0.802. The van der Waals surface area contributed by atoms with Gasteiger partial charge in [-0.2, -0.15) is 0 Å². The van der Waals surface area contributed by atoms with Gasteiger partial charge >= 0.3 is 0 Å². The Kier molecular flexibility index (Phi) is 4.70. The predicted molar refractivity (Wildman–Crippen MR) is 59.4 cm³/mol. The molecule has 6 heteroatoms. The van der Waals surface area contributed by atoms with Gasteiger partial charge in [-0.25, -0.2) is 17.6 Å². The summed E-state index contributed by atoms with van der Waals surface area (Å²) >= 11 is 0. The van der Waals surface area contributed by atoms with E-state index in [2.05, 4.69) is 5.32 Å². The van der Waals surface area contributed by atoms with Crippen LogP contribution in [0.3, 0.4) is 0 Å². The zero-order valence-electron chi connectivity index (χ0n) is 10.1. The summed E-state index contributed by atoms with van der Waals surface area (Å²) in [4.78, 5) is 0. The van der Waals surface area contributed by atoms with Crippen molar-refractivity contribution in [2.75, 3.05) is 6.54 Å². The van der Waals surface area contributed by atoms with Gasteiger partial charge in [0.2, 0.25) is 0 Å². The maximum Gasteiger partial charge on any atom is 0.289 e. The first-order valence-electron chi connectivity index (χ1n) is 5.48. The Morgan fingerprint density at radius 3 is 2.39 bits per heavy atom. The number of aliphatic hydroxyl groups is 1. The lowest BCUT2D eigenvalue weighted by atomic mass is 10.0. The molecule has 102 valence electrons. The van der Waals surface area contributed by atoms with Gasteiger partial charge in [0, 0.05) is 17.7 Å². The van der Waals surface area contributed by atoms with Crippen molar-refractivity contribution in [1.82, 2.24) is 5.32 Å². The van der Waals surface area contributed by atoms with Gasteiger partial charge in [-0.05, 0) is 6.07 Å². The number of hydrogen-bond donors (Lipinski definition) is 2. The lowest BCUT2D eigenvalue weighted by Crippen LogP contribution is -2.41. The third-order valence-electron chi connectivity index (χ3n) is 2.40. The summed E-state index contributed by atoms with van der Waals surface area (Å²) in [5.41, 5.74) is -0.619. The molecule has 0 spiro atoms. The Hall–Kier alpha value is -1.14. The highest BCUT2D eigenvalue weighted by atomic mass is 19.3. The molecule has 0 amide bonds. The number of alkyl halides is 2. The molecule has 0 aliphatic carbocycles. The lowest BCUT2D eigenvalue weighted by Gasteiger charge is -2.24. The molecule has 0 fully saturated rings. The summed E-state index contributed by atoms with van der Waals surface area (Å²) in [7, 11) is 0. The molecular weight excluding hydrogens is 250 g/mol. The van der Waals surface area contributed by atoms with E-state index < -0.39 is 35.8 Å². The molecule has 0 aliphatic rings. The predicted octanol–water partition coefficient (Wildman–Crippen LogP) is 2.63. The summed E-state index contributed by atoms with van der Waals surface area (Å²) < 4.78 is 53.1. The van der Waals surface area contributed by atoms with Gasteiger partial charge in [-0.3, -0.25) is 0 Å². The number of hydrogen-bond acceptors (Lipinski definition) is 2. The Morgan fingerprint density at radius 1 is 1.28 bits per heavy atom. The highest BCUT2D eigenvalue weighted by Gasteiger charge is 2.40. The molecule has 18 heavy (non-hydrogen) atoms. The number of nitrogens with one attached hydrogen (secondary N) is 1. The average Bonchev–Trinajstić information content (AvgIpc) is 2.26. The van der Waals surface area contributed by atoms with Crippen LogP contribution in [0.5, 0.6) is 0 Å². The summed E-state index contributed by atoms with van der Waals surface area (Å²) in [6.07, 6.45) is -2.32. The van der Waals surface area contributed by atoms with E-state index >= 15 is 0 Å². The van der Waals surface area contributed by atoms with E-state index in [1.807, 2.05) is 0 Å². The second-order valence-corrected chi connectivity index (χ2v) is 4.37. The molecular formula is C12H15F4NO. The first kappa shape index (κ1) is 14.9. The van der Waals surface area contributed by atoms with Gasteiger partial charge in [0.1, 0.15) is 17.7 Å². The van der Waals surface area contributed by atoms with Crippen LogP contribution < -0.4 is 5.32 Å². The maximum absolute atomic E-state index is 13.6. The molecule has 0 heterocycles. The maximum atomic E-state index is 13.6. The minimum absolute atomic E-state index is 0.193. The zero-order valence-corrected chi connectivity index (χ0v) is 10.1. The number of benzene rings is 1. The highest BCUT2D eigenvalue weighted by molar-refractivity contribution is 5.22. The average molecular weight is 265 g/mol. The zero-order chi connectivity index (χ0) is 13.9. The normalized spacial score (nSPS) is 14.0. The van der Waals surface area contributed by atoms with E-state index in [1.165, 1.54) is 0 Å². The fourth-order valence-electron chi connectivity index (χ4n) is 1.39. The Morgan fingerprint density at radius 2 is 1.89 bits per heavy atom. The van der Waals surface area contributed by atoms with Crippen molar-refractivity contribution in [3.05, 3.63) is 35.4 Å². The van der Waals surface area contributed by atoms with Crippen LogP contribution in [0.4, 0.5) is 17.6 Å². The molecule has 0 saturated carbocycles. The topological polar surface area (TPSA) is 32.3 Å². The third-order valence-corrected chi connectivity index (χ3v) is 2.40. The van der Waals surface area contributed by atoms with E-state index in [9.17, 15) is 22.7 Å². The van der Waals surface area contributed by atoms with E-state index in [0.717, 1.165) is 12.1 Å². The molecule has 2 nitrogen and oxygen atoms in total. The molecule has 1 aromatic carbocycles. The molecule has 2 N–H and O–H groups in total. The summed E-state index contributed by atoms with van der Waals surface area (Å²) in [5, 5.41) is 11.9. The molecule has 0 aliphatic heterocycles. The van der Waals surface area contributed by atoms with Crippen LogP contribution in [0.25, 0.3) is 0 Å². The van der Waals surface area contributed by atoms with Crippen LogP contribution in [0.2, 0.25) is 0 Å². The van der Waals surface area contributed by atoms with Crippen LogP contribution in [-0.4, -0.2) is 23.6 Å². The van der Waals surface area contributed by atoms with Crippen LogP contribution >= 0.6 is 0 Å². The summed E-state index contributed by atoms with van der Waals surface area (Å²) in [6, 6.07) is 1.91. The third kappa shape index (κ3) is 3.68. The molecule has 1 atom stereocenters. The van der Waals surface area contributed by atoms with Crippen LogP contribution in [0, 0.1) is 11.6 Å². The Bertz CT molecular complexity index is 409. The number of aliphatic hydroxyl groups excluding tert-OH is 1. The summed E-state index contributed by atoms with van der Waals surface area (Å²) in [5.74, 6) is -5.61. The first-order valence-corrected chi connectivity index (χ1v) is 5.48. The summed E-state index contributed by atoms with van der Waals surface area (Å²) in [6.45, 7) is 2.55. The van der Waals surface area contributed by atoms with Gasteiger partial charge in [0.15, 0.2) is 0 Å². The van der Waals surface area contributed by atoms with Crippen LogP contribution in [-0.2, 0) is 0 Å². The number of halogens is 4. The van der Waals surface area contributed by atoms with Gasteiger partial charge < -0.3 is 10.4 Å². The van der Waals surface area contributed by atoms with Crippen molar-refractivity contribution < 1.29 is 22.7 Å². The van der Waals surface area contributed by atoms with Crippen molar-refractivity contribution in [2.24, 2.45) is 0 Å². The molecule has 0 radical (unpaired) electrons. The molecule has 0 bridgehead atoms. The lowest BCUT2D eigenvalue weighted by molar-refractivity contribution is -0.110. The van der Waals surface area contributed by atoms with Gasteiger partial charge in [-0.1, -0.05) is 19.9 Å². The molecule has 1 rings (SSSR count). The first-order chi connectivity index (χ1) is 8.24. The standard InChI is InChI=1S/C12H15F4NO/c1-7(2)17-6-12(15,16)11(18)9-4-3-8(13)5-10(9)14/h3-5,7,11,17-18H,6H2,1-2H3. The van der Waals surface area contributed by atoms with Crippen molar-refractivity contribution in [1.29, 1.82) is 0 Å². The molecule has 1 aromatic rings. The smallest absolute Gasteiger partial charge is 0.289 e. The molecule has 0 saturated heterocycles. The highest BCUT2D eigenvalue weighted by Crippen LogP contribution is 2.32. The van der Waals surface area contributed by atoms with Gasteiger partial charge in [-0.15, -0.1) is 0 Å². The van der Waals surface area contributed by atoms with Crippen molar-refractivity contribution in [2.45, 2.75) is 31.9 Å². The second-order valence-electron chi connectivity index (χ2n) is 4.37. The van der Waals surface area contributed by atoms with E-state index in [0.29, 0.717) is 6.07 Å². The van der Waals surface area contributed by atoms with Gasteiger partial charge in [0.25, 0.3) is 5.92 Å². The van der Waals surface area contributed by atoms with Crippen LogP contribution in [0.1, 0.15) is 25.5 Å². The largest absolute Gasteiger partial charge is 0.382 e. The van der Waals surface area contributed by atoms with Crippen molar-refractivity contribution >= 4 is 0 Å². The fourth-order valence-corrected chi connectivity index (χ4v) is 1.39. The van der Waals surface area contributed by atoms with E-state index in [1.54, 1.807) is 13.8 Å². The van der Waals surface area contributed by atoms with Crippen molar-refractivity contribution in [3.63, 3.8) is 0 Å². The van der Waals surface area contributed by atoms with E-state index in [4.69, 9.17) is 0 Å². The van der Waals surface area contributed by atoms with Crippen molar-refractivity contribution in [3.8, 4) is 0 Å². The SMILES string of the molecule is CC(C)NCC(F)(F)C(O)c1ccc(F)cc1F. The number of rotatable bonds is 5. The van der Waals surface area contributed by atoms with E-state index in [-0.39, 0.29) is 6.04 Å². The minimum Gasteiger partial charge on any atom is -0.382 e. The van der Waals surface area contributed by atoms with Crippen LogP contribution in [0.15, 0.2) is 18.2 Å². The Balaban J connectivity index is 2.87. The molecule has 0 aromatic heterocycles. The monoisotopic (exact) mass is 265 g/mol. The molecule has 1 unspecified atom stereocenters. The second kappa shape index (κ2) is 5.67.